The number of hydrogen-bond acceptors (Lipinski definition) is 1. The van der Waals surface area contributed by atoms with Crippen LogP contribution in [0.3, 0.4) is 0 Å². The van der Waals surface area contributed by atoms with Crippen LogP contribution < -0.4 is 4.74 Å². The third-order valence-corrected chi connectivity index (χ3v) is 6.85. The fraction of sp³-hybridized carbons (Fsp3) is 0.0323. The van der Waals surface area contributed by atoms with Gasteiger partial charge in [0.1, 0.15) is 5.75 Å². The second-order valence-corrected chi connectivity index (χ2v) is 8.69. The van der Waals surface area contributed by atoms with Gasteiger partial charge in [-0.2, -0.15) is 0 Å². The average molecular weight is 439 g/mol. The van der Waals surface area contributed by atoms with E-state index >= 15 is 0 Å². The molecule has 0 amide bonds. The molecule has 0 aliphatic carbocycles. The van der Waals surface area contributed by atoms with E-state index in [-0.39, 0.29) is 0 Å². The summed E-state index contributed by atoms with van der Waals surface area (Å²) in [6.45, 7) is 0. The quantitative estimate of drug-likeness (QED) is 0.286. The van der Waals surface area contributed by atoms with Gasteiger partial charge in [-0.25, -0.2) is 0 Å². The summed E-state index contributed by atoms with van der Waals surface area (Å²) in [5.41, 5.74) is 9.39. The van der Waals surface area contributed by atoms with Crippen LogP contribution in [-0.4, -0.2) is 17.1 Å². The van der Waals surface area contributed by atoms with Crippen molar-refractivity contribution in [3.8, 4) is 28.0 Å². The molecular weight excluding hydrogens is 416 g/mol. The Morgan fingerprint density at radius 3 is 1.56 bits per heavy atom. The van der Waals surface area contributed by atoms with Crippen LogP contribution in [0.15, 0.2) is 103 Å². The fourth-order valence-electron chi connectivity index (χ4n) is 5.37. The third kappa shape index (κ3) is 2.64. The minimum absolute atomic E-state index is 0.856. The van der Waals surface area contributed by atoms with E-state index in [9.17, 15) is 0 Å². The summed E-state index contributed by atoms with van der Waals surface area (Å²) in [4.78, 5) is 7.54. The number of H-pyrrole nitrogens is 2. The van der Waals surface area contributed by atoms with Crippen molar-refractivity contribution in [3.63, 3.8) is 0 Å². The Morgan fingerprint density at radius 1 is 0.500 bits per heavy atom. The van der Waals surface area contributed by atoms with Crippen molar-refractivity contribution >= 4 is 43.6 Å². The highest BCUT2D eigenvalue weighted by atomic mass is 16.5. The normalized spacial score (nSPS) is 11.7. The van der Waals surface area contributed by atoms with Crippen LogP contribution in [0.2, 0.25) is 0 Å². The van der Waals surface area contributed by atoms with E-state index in [0.29, 0.717) is 0 Å². The molecule has 34 heavy (non-hydrogen) atoms. The molecule has 5 aromatic carbocycles. The lowest BCUT2D eigenvalue weighted by Crippen LogP contribution is -1.89. The maximum absolute atomic E-state index is 5.46. The highest BCUT2D eigenvalue weighted by Crippen LogP contribution is 2.48. The number of aromatic amines is 2. The van der Waals surface area contributed by atoms with Gasteiger partial charge in [-0.1, -0.05) is 78.9 Å². The first-order chi connectivity index (χ1) is 16.8. The number of nitrogens with one attached hydrogen (secondary N) is 2. The minimum Gasteiger partial charge on any atom is -0.497 e. The molecule has 2 N–H and O–H groups in total. The van der Waals surface area contributed by atoms with Crippen LogP contribution in [0.5, 0.6) is 5.75 Å². The van der Waals surface area contributed by atoms with Gasteiger partial charge in [0.25, 0.3) is 0 Å². The Bertz CT molecular complexity index is 1730. The Morgan fingerprint density at radius 2 is 1.00 bits per heavy atom. The summed E-state index contributed by atoms with van der Waals surface area (Å²) in [6, 6.07) is 36.3. The molecule has 3 heteroatoms. The molecule has 0 saturated carbocycles. The number of aromatic nitrogens is 2. The van der Waals surface area contributed by atoms with Gasteiger partial charge in [-0.3, -0.25) is 0 Å². The Kier molecular flexibility index (Phi) is 4.06. The molecule has 0 unspecified atom stereocenters. The van der Waals surface area contributed by atoms with Crippen LogP contribution in [-0.2, 0) is 0 Å². The topological polar surface area (TPSA) is 40.8 Å². The van der Waals surface area contributed by atoms with Crippen molar-refractivity contribution < 1.29 is 4.74 Å². The van der Waals surface area contributed by atoms with Crippen LogP contribution in [0.4, 0.5) is 0 Å². The summed E-state index contributed by atoms with van der Waals surface area (Å²) in [5.74, 6) is 0.856. The predicted molar refractivity (Wildman–Crippen MR) is 143 cm³/mol. The van der Waals surface area contributed by atoms with Gasteiger partial charge in [0.15, 0.2) is 0 Å². The van der Waals surface area contributed by atoms with E-state index in [1.807, 2.05) is 12.1 Å². The van der Waals surface area contributed by atoms with Crippen LogP contribution in [0.25, 0.3) is 65.9 Å². The first-order valence-electron chi connectivity index (χ1n) is 11.5. The molecule has 162 valence electrons. The Labute approximate surface area is 196 Å². The molecule has 7 rings (SSSR count). The maximum atomic E-state index is 5.46. The van der Waals surface area contributed by atoms with E-state index in [4.69, 9.17) is 4.74 Å². The van der Waals surface area contributed by atoms with Crippen molar-refractivity contribution in [2.24, 2.45) is 0 Å². The molecule has 2 heterocycles. The van der Waals surface area contributed by atoms with Crippen molar-refractivity contribution in [1.82, 2.24) is 9.97 Å². The van der Waals surface area contributed by atoms with Crippen LogP contribution in [0.1, 0.15) is 0 Å². The number of benzene rings is 5. The number of methoxy groups -OCH3 is 1. The van der Waals surface area contributed by atoms with Crippen molar-refractivity contribution in [3.05, 3.63) is 103 Å². The lowest BCUT2D eigenvalue weighted by Gasteiger charge is -2.14. The summed E-state index contributed by atoms with van der Waals surface area (Å²) >= 11 is 0. The predicted octanol–water partition coefficient (Wildman–Crippen LogP) is 8.30. The first kappa shape index (κ1) is 19.0. The summed E-state index contributed by atoms with van der Waals surface area (Å²) in [5, 5.41) is 4.95. The number of para-hydroxylation sites is 2. The SMILES string of the molecule is COc1ccc(-c2c3c([nH]c4ccccc43)c(-c3ccccc3)c3[nH]c4ccccc4c23)cc1. The number of ether oxygens (including phenoxy) is 1. The molecule has 0 atom stereocenters. The zero-order valence-electron chi connectivity index (χ0n) is 18.7. The van der Waals surface area contributed by atoms with E-state index < -0.39 is 0 Å². The Hall–Kier alpha value is -4.50. The maximum Gasteiger partial charge on any atom is 0.118 e. The minimum atomic E-state index is 0.856. The highest BCUT2D eigenvalue weighted by Gasteiger charge is 2.23. The van der Waals surface area contributed by atoms with Gasteiger partial charge < -0.3 is 14.7 Å². The Balaban J connectivity index is 1.78. The van der Waals surface area contributed by atoms with Crippen LogP contribution >= 0.6 is 0 Å². The summed E-state index contributed by atoms with van der Waals surface area (Å²) in [7, 11) is 1.71. The van der Waals surface area contributed by atoms with Gasteiger partial charge in [-0.15, -0.1) is 0 Å². The second-order valence-electron chi connectivity index (χ2n) is 8.69. The number of hydrogen-bond donors (Lipinski definition) is 2. The molecule has 0 aliphatic heterocycles. The lowest BCUT2D eigenvalue weighted by molar-refractivity contribution is 0.415. The van der Waals surface area contributed by atoms with Crippen molar-refractivity contribution in [1.29, 1.82) is 0 Å². The molecule has 0 bridgehead atoms. The molecule has 0 aliphatic rings. The molecule has 0 saturated heterocycles. The van der Waals surface area contributed by atoms with Crippen molar-refractivity contribution in [2.45, 2.75) is 0 Å². The van der Waals surface area contributed by atoms with E-state index in [1.54, 1.807) is 7.11 Å². The van der Waals surface area contributed by atoms with Gasteiger partial charge >= 0.3 is 0 Å². The monoisotopic (exact) mass is 438 g/mol. The largest absolute Gasteiger partial charge is 0.497 e. The second kappa shape index (κ2) is 7.26. The first-order valence-corrected chi connectivity index (χ1v) is 11.5. The van der Waals surface area contributed by atoms with E-state index in [0.717, 1.165) is 27.8 Å². The zero-order valence-corrected chi connectivity index (χ0v) is 18.7. The smallest absolute Gasteiger partial charge is 0.118 e. The molecule has 0 radical (unpaired) electrons. The third-order valence-electron chi connectivity index (χ3n) is 6.85. The highest BCUT2D eigenvalue weighted by molar-refractivity contribution is 6.32. The van der Waals surface area contributed by atoms with E-state index in [2.05, 4.69) is 101 Å². The van der Waals surface area contributed by atoms with Gasteiger partial charge in [0, 0.05) is 43.7 Å². The molecule has 3 nitrogen and oxygen atoms in total. The fourth-order valence-corrected chi connectivity index (χ4v) is 5.37. The van der Waals surface area contributed by atoms with Gasteiger partial charge in [0.05, 0.1) is 18.1 Å². The lowest BCUT2D eigenvalue weighted by atomic mass is 9.90. The zero-order chi connectivity index (χ0) is 22.6. The number of fused-ring (bicyclic) bond motifs is 6. The number of rotatable bonds is 3. The van der Waals surface area contributed by atoms with Crippen molar-refractivity contribution in [2.75, 3.05) is 7.11 Å². The average Bonchev–Trinajstić information content (AvgIpc) is 3.47. The molecule has 2 aromatic heterocycles. The summed E-state index contributed by atoms with van der Waals surface area (Å²) in [6.07, 6.45) is 0. The van der Waals surface area contributed by atoms with E-state index in [1.165, 1.54) is 43.8 Å². The molecular formula is C31H22N2O. The molecule has 0 spiro atoms. The van der Waals surface area contributed by atoms with Crippen LogP contribution in [0, 0.1) is 0 Å². The van der Waals surface area contributed by atoms with Gasteiger partial charge in [-0.05, 0) is 35.4 Å². The molecule has 7 aromatic rings. The van der Waals surface area contributed by atoms with Gasteiger partial charge in [0.2, 0.25) is 0 Å². The molecule has 0 fully saturated rings. The standard InChI is InChI=1S/C31H22N2O/c1-34-21-17-15-20(16-18-21)26-28-22-11-5-7-13-24(22)32-30(28)27(19-9-3-2-4-10-19)31-29(26)23-12-6-8-14-25(23)33-31/h2-18,32-33H,1H3. The summed E-state index contributed by atoms with van der Waals surface area (Å²) < 4.78 is 5.46.